The summed E-state index contributed by atoms with van der Waals surface area (Å²) in [4.78, 5) is 27.7. The van der Waals surface area contributed by atoms with Crippen molar-refractivity contribution in [2.24, 2.45) is 5.73 Å². The van der Waals surface area contributed by atoms with Crippen LogP contribution in [0.15, 0.2) is 18.2 Å². The number of carbonyl (C=O) groups excluding carboxylic acids is 2. The predicted molar refractivity (Wildman–Crippen MR) is 159 cm³/mol. The molecule has 3 aliphatic rings. The summed E-state index contributed by atoms with van der Waals surface area (Å²) in [5.41, 5.74) is 3.44. The lowest BCUT2D eigenvalue weighted by atomic mass is 9.70. The summed E-state index contributed by atoms with van der Waals surface area (Å²) in [7, 11) is 1.36. The highest BCUT2D eigenvalue weighted by Gasteiger charge is 2.58. The SMILES string of the molecule is CCOC(CBr)(OCC)[C@]1(O)Cc2c(O)c3c(c(O)c2[C@@H](O[C@H]2C[C@H](N)[C@H](O)[C@H](C)O2)C1)C(=O)c1c(OC)cccc1C3=O. The molecule has 0 radical (unpaired) electrons. The van der Waals surface area contributed by atoms with E-state index in [1.54, 1.807) is 26.8 Å². The second kappa shape index (κ2) is 12.3. The van der Waals surface area contributed by atoms with Crippen molar-refractivity contribution in [3.05, 3.63) is 51.6 Å². The minimum absolute atomic E-state index is 0.00551. The van der Waals surface area contributed by atoms with Crippen LogP contribution in [0.4, 0.5) is 0 Å². The van der Waals surface area contributed by atoms with Crippen molar-refractivity contribution in [1.82, 2.24) is 0 Å². The van der Waals surface area contributed by atoms with Crippen molar-refractivity contribution in [2.45, 2.75) is 82.1 Å². The summed E-state index contributed by atoms with van der Waals surface area (Å²) in [5.74, 6) is -4.05. The number of aliphatic hydroxyl groups excluding tert-OH is 1. The van der Waals surface area contributed by atoms with Crippen LogP contribution in [0.1, 0.15) is 82.7 Å². The fourth-order valence-electron chi connectivity index (χ4n) is 6.66. The molecule has 2 aliphatic carbocycles. The van der Waals surface area contributed by atoms with Gasteiger partial charge < -0.3 is 49.8 Å². The largest absolute Gasteiger partial charge is 0.507 e. The maximum absolute atomic E-state index is 13.9. The van der Waals surface area contributed by atoms with E-state index < -0.39 is 70.7 Å². The van der Waals surface area contributed by atoms with Gasteiger partial charge in [-0.3, -0.25) is 9.59 Å². The number of aromatic hydroxyl groups is 2. The number of fused-ring (bicyclic) bond motifs is 3. The number of benzene rings is 2. The number of ketones is 2. The molecule has 1 saturated heterocycles. The lowest BCUT2D eigenvalue weighted by Crippen LogP contribution is -2.62. The van der Waals surface area contributed by atoms with E-state index in [4.69, 9.17) is 29.4 Å². The van der Waals surface area contributed by atoms with Gasteiger partial charge in [0.15, 0.2) is 12.1 Å². The van der Waals surface area contributed by atoms with Crippen LogP contribution >= 0.6 is 15.9 Å². The average molecular weight is 681 g/mol. The Bertz CT molecular complexity index is 1450. The summed E-state index contributed by atoms with van der Waals surface area (Å²) < 4.78 is 29.6. The minimum atomic E-state index is -1.89. The molecule has 44 heavy (non-hydrogen) atoms. The van der Waals surface area contributed by atoms with Crippen molar-refractivity contribution < 1.29 is 53.7 Å². The molecule has 1 fully saturated rings. The molecule has 0 saturated carbocycles. The molecule has 2 aromatic carbocycles. The second-order valence-electron chi connectivity index (χ2n) is 11.3. The normalized spacial score (nSPS) is 28.3. The molecule has 0 aromatic heterocycles. The Morgan fingerprint density at radius 1 is 1.09 bits per heavy atom. The molecule has 1 aliphatic heterocycles. The van der Waals surface area contributed by atoms with Gasteiger partial charge in [0.05, 0.1) is 47.4 Å². The minimum Gasteiger partial charge on any atom is -0.507 e. The third-order valence-corrected chi connectivity index (χ3v) is 9.52. The molecule has 13 heteroatoms. The maximum atomic E-state index is 13.9. The number of methoxy groups -OCH3 is 1. The van der Waals surface area contributed by atoms with E-state index in [1.807, 2.05) is 0 Å². The highest BCUT2D eigenvalue weighted by molar-refractivity contribution is 9.09. The van der Waals surface area contributed by atoms with Crippen LogP contribution in [0.3, 0.4) is 0 Å². The van der Waals surface area contributed by atoms with Crippen molar-refractivity contribution in [3.63, 3.8) is 0 Å². The molecule has 0 bridgehead atoms. The summed E-state index contributed by atoms with van der Waals surface area (Å²) in [6.45, 7) is 5.44. The maximum Gasteiger partial charge on any atom is 0.207 e. The van der Waals surface area contributed by atoms with Gasteiger partial charge in [0.1, 0.15) is 22.8 Å². The van der Waals surface area contributed by atoms with Gasteiger partial charge in [-0.05, 0) is 26.8 Å². The lowest BCUT2D eigenvalue weighted by molar-refractivity contribution is -0.321. The number of carbonyl (C=O) groups is 2. The van der Waals surface area contributed by atoms with Crippen molar-refractivity contribution >= 4 is 27.5 Å². The van der Waals surface area contributed by atoms with Crippen LogP contribution < -0.4 is 10.5 Å². The van der Waals surface area contributed by atoms with Gasteiger partial charge in [0, 0.05) is 55.2 Å². The van der Waals surface area contributed by atoms with Gasteiger partial charge in [0.2, 0.25) is 11.6 Å². The number of phenols is 2. The zero-order valence-corrected chi connectivity index (χ0v) is 26.5. The lowest BCUT2D eigenvalue weighted by Gasteiger charge is -2.50. The number of halogens is 1. The number of aliphatic hydroxyl groups is 2. The molecule has 240 valence electrons. The summed E-state index contributed by atoms with van der Waals surface area (Å²) in [6.07, 6.45) is -4.30. The Kier molecular flexibility index (Phi) is 9.15. The van der Waals surface area contributed by atoms with Gasteiger partial charge in [-0.15, -0.1) is 0 Å². The fourth-order valence-corrected chi connectivity index (χ4v) is 7.50. The van der Waals surface area contributed by atoms with Gasteiger partial charge in [-0.2, -0.15) is 0 Å². The van der Waals surface area contributed by atoms with E-state index in [9.17, 15) is 30.0 Å². The van der Waals surface area contributed by atoms with Crippen LogP contribution in [0.5, 0.6) is 17.2 Å². The molecule has 6 N–H and O–H groups in total. The molecule has 12 nitrogen and oxygen atoms in total. The number of hydrogen-bond acceptors (Lipinski definition) is 12. The molecule has 0 unspecified atom stereocenters. The van der Waals surface area contributed by atoms with Crippen LogP contribution in [0.25, 0.3) is 0 Å². The van der Waals surface area contributed by atoms with Gasteiger partial charge in [-0.25, -0.2) is 0 Å². The first-order valence-electron chi connectivity index (χ1n) is 14.6. The Labute approximate surface area is 263 Å². The van der Waals surface area contributed by atoms with Gasteiger partial charge in [-0.1, -0.05) is 28.1 Å². The molecule has 2 aromatic rings. The van der Waals surface area contributed by atoms with Crippen LogP contribution in [-0.4, -0.2) is 93.6 Å². The van der Waals surface area contributed by atoms with Crippen LogP contribution in [-0.2, 0) is 25.4 Å². The third kappa shape index (κ3) is 5.03. The number of ether oxygens (including phenoxy) is 5. The third-order valence-electron chi connectivity index (χ3n) is 8.78. The van der Waals surface area contributed by atoms with Crippen molar-refractivity contribution in [3.8, 4) is 17.2 Å². The highest BCUT2D eigenvalue weighted by Crippen LogP contribution is 2.55. The smallest absolute Gasteiger partial charge is 0.207 e. The number of rotatable bonds is 9. The molecular weight excluding hydrogens is 642 g/mol. The van der Waals surface area contributed by atoms with Crippen LogP contribution in [0.2, 0.25) is 0 Å². The molecule has 6 atom stereocenters. The van der Waals surface area contributed by atoms with Crippen molar-refractivity contribution in [1.29, 1.82) is 0 Å². The van der Waals surface area contributed by atoms with E-state index in [2.05, 4.69) is 15.9 Å². The zero-order chi connectivity index (χ0) is 32.1. The predicted octanol–water partition coefficient (Wildman–Crippen LogP) is 2.60. The molecule has 0 spiro atoms. The number of hydrogen-bond donors (Lipinski definition) is 5. The van der Waals surface area contributed by atoms with Gasteiger partial charge in [0.25, 0.3) is 0 Å². The Morgan fingerprint density at radius 2 is 1.75 bits per heavy atom. The Morgan fingerprint density at radius 3 is 2.34 bits per heavy atom. The van der Waals surface area contributed by atoms with E-state index in [-0.39, 0.29) is 71.4 Å². The molecular formula is C31H38BrNO11. The second-order valence-corrected chi connectivity index (χ2v) is 11.9. The number of alkyl halides is 1. The Hall–Kier alpha value is -2.62. The average Bonchev–Trinajstić information content (AvgIpc) is 2.99. The molecule has 5 rings (SSSR count). The highest BCUT2D eigenvalue weighted by atomic mass is 79.9. The first kappa shape index (κ1) is 32.8. The number of phenolic OH excluding ortho intramolecular Hbond substituents is 2. The standard InChI is InChI=1S/C31H38BrNO11/c1-5-41-31(13-32,42-6-2)30(39)11-16-22(19(12-30)44-20-10-17(33)25(34)14(3)43-20)29(38)24-23(27(16)36)26(35)15-8-7-9-18(40-4)21(15)28(24)37/h7-9,14,17,19-20,25,34,36,38-39H,5-6,10-13,33H2,1-4H3/t14-,17-,19-,20-,25+,30-/m0/s1. The zero-order valence-electron chi connectivity index (χ0n) is 25.0. The number of nitrogens with two attached hydrogens (primary N) is 1. The van der Waals surface area contributed by atoms with E-state index in [0.717, 1.165) is 0 Å². The first-order valence-corrected chi connectivity index (χ1v) is 15.7. The van der Waals surface area contributed by atoms with E-state index in [0.29, 0.717) is 0 Å². The summed E-state index contributed by atoms with van der Waals surface area (Å²) >= 11 is 3.43. The van der Waals surface area contributed by atoms with E-state index in [1.165, 1.54) is 19.2 Å². The topological polar surface area (TPSA) is 187 Å². The van der Waals surface area contributed by atoms with Crippen molar-refractivity contribution in [2.75, 3.05) is 25.7 Å². The van der Waals surface area contributed by atoms with E-state index >= 15 is 0 Å². The Balaban J connectivity index is 1.72. The molecule has 0 amide bonds. The summed E-state index contributed by atoms with van der Waals surface area (Å²) in [5, 5.41) is 46.3. The monoisotopic (exact) mass is 679 g/mol. The summed E-state index contributed by atoms with van der Waals surface area (Å²) in [6, 6.07) is 3.83. The molecule has 1 heterocycles. The fraction of sp³-hybridized carbons (Fsp3) is 0.548. The van der Waals surface area contributed by atoms with Crippen LogP contribution in [0, 0.1) is 0 Å². The van der Waals surface area contributed by atoms with Gasteiger partial charge >= 0.3 is 0 Å². The quantitative estimate of drug-likeness (QED) is 0.127. The first-order chi connectivity index (χ1) is 20.9.